The highest BCUT2D eigenvalue weighted by molar-refractivity contribution is 6.33. The highest BCUT2D eigenvalue weighted by atomic mass is 35.5. The van der Waals surface area contributed by atoms with Gasteiger partial charge >= 0.3 is 5.92 Å². The van der Waals surface area contributed by atoms with Gasteiger partial charge in [0.2, 0.25) is 23.5 Å². The van der Waals surface area contributed by atoms with E-state index in [9.17, 15) is 14.4 Å². The lowest BCUT2D eigenvalue weighted by Gasteiger charge is -2.47. The molecule has 60 heavy (non-hydrogen) atoms. The number of piperidine rings is 3. The van der Waals surface area contributed by atoms with Gasteiger partial charge in [0.25, 0.3) is 5.56 Å². The molecule has 7 heterocycles. The molecule has 2 atom stereocenters. The van der Waals surface area contributed by atoms with Gasteiger partial charge in [-0.1, -0.05) is 23.7 Å². The maximum absolute atomic E-state index is 15.2. The molecule has 3 saturated heterocycles. The molecule has 0 radical (unpaired) electrons. The van der Waals surface area contributed by atoms with Crippen LogP contribution in [0.4, 0.5) is 31.9 Å². The van der Waals surface area contributed by atoms with Crippen LogP contribution in [0.2, 0.25) is 5.02 Å². The van der Waals surface area contributed by atoms with Gasteiger partial charge in [0.05, 0.1) is 40.6 Å². The minimum Gasteiger partial charge on any atom is -0.480 e. The van der Waals surface area contributed by atoms with Crippen molar-refractivity contribution >= 4 is 68.4 Å². The van der Waals surface area contributed by atoms with Gasteiger partial charge < -0.3 is 24.8 Å². The summed E-state index contributed by atoms with van der Waals surface area (Å²) in [5.74, 6) is -3.33. The van der Waals surface area contributed by atoms with E-state index in [0.717, 1.165) is 75.0 Å². The van der Waals surface area contributed by atoms with Crippen molar-refractivity contribution in [3.8, 4) is 5.75 Å². The zero-order chi connectivity index (χ0) is 41.5. The van der Waals surface area contributed by atoms with Crippen molar-refractivity contribution < 1.29 is 23.1 Å². The van der Waals surface area contributed by atoms with Crippen molar-refractivity contribution in [2.45, 2.75) is 75.8 Å². The molecule has 3 aromatic heterocycles. The van der Waals surface area contributed by atoms with Gasteiger partial charge in [0.15, 0.2) is 12.4 Å². The fraction of sp³-hybridized carbons (Fsp3) is 0.488. The van der Waals surface area contributed by atoms with Gasteiger partial charge in [-0.2, -0.15) is 10.1 Å². The first-order valence-corrected chi connectivity index (χ1v) is 21.2. The van der Waals surface area contributed by atoms with Crippen LogP contribution in [0.15, 0.2) is 47.4 Å². The number of nitrogens with zero attached hydrogens (tertiary/aromatic N) is 7. The first kappa shape index (κ1) is 38.8. The van der Waals surface area contributed by atoms with E-state index in [-0.39, 0.29) is 34.6 Å². The number of nitrogens with one attached hydrogen (secondary N) is 3. The lowest BCUT2D eigenvalue weighted by Crippen LogP contribution is -2.47. The molecular formula is C43H47ClF2N10O4. The molecule has 3 N–H and O–H groups in total. The quantitative estimate of drug-likeness (QED) is 0.160. The number of pyridine rings is 1. The van der Waals surface area contributed by atoms with E-state index in [4.69, 9.17) is 26.4 Å². The monoisotopic (exact) mass is 840 g/mol. The number of aryl methyl sites for hydroxylation is 2. The second kappa shape index (κ2) is 14.7. The molecule has 14 nitrogen and oxygen atoms in total. The zero-order valence-corrected chi connectivity index (χ0v) is 34.3. The van der Waals surface area contributed by atoms with Crippen LogP contribution in [0, 0.1) is 11.3 Å². The van der Waals surface area contributed by atoms with Gasteiger partial charge in [-0.25, -0.2) is 13.8 Å². The van der Waals surface area contributed by atoms with Crippen molar-refractivity contribution in [3.05, 3.63) is 69.2 Å². The molecule has 5 aliphatic rings. The summed E-state index contributed by atoms with van der Waals surface area (Å²) in [5.41, 5.74) is 4.19. The normalized spacial score (nSPS) is 22.9. The van der Waals surface area contributed by atoms with E-state index in [1.807, 2.05) is 23.9 Å². The molecule has 5 aromatic rings. The van der Waals surface area contributed by atoms with Gasteiger partial charge in [-0.3, -0.25) is 29.3 Å². The second-order valence-corrected chi connectivity index (χ2v) is 17.8. The molecule has 2 amide bonds. The minimum absolute atomic E-state index is 0.105. The number of carbonyl (C=O) groups is 2. The lowest BCUT2D eigenvalue weighted by atomic mass is 9.71. The first-order chi connectivity index (χ1) is 28.8. The molecule has 1 aliphatic carbocycles. The number of rotatable bonds is 7. The van der Waals surface area contributed by atoms with Crippen molar-refractivity contribution in [2.24, 2.45) is 25.4 Å². The number of alkyl halides is 2. The number of likely N-dealkylation sites (tertiary alicyclic amines) is 1. The SMILES string of the molecule is Cn1nc(C2CCC(=O)NC2=O)c2ccc(CN3CCC4(CC3)CCN(c3ncc(Cl)c(Nc5ccc6c(c5)c5c(c(=O)n6C)OCC(F)(F)[C@H](C6CC6)N5)n3)CC4)cc21. The fourth-order valence-corrected chi connectivity index (χ4v) is 9.92. The number of hydrogen-bond acceptors (Lipinski definition) is 11. The van der Waals surface area contributed by atoms with Crippen molar-refractivity contribution in [3.63, 3.8) is 0 Å². The van der Waals surface area contributed by atoms with E-state index < -0.39 is 30.0 Å². The van der Waals surface area contributed by atoms with Crippen LogP contribution in [0.25, 0.3) is 21.8 Å². The number of aromatic nitrogens is 5. The summed E-state index contributed by atoms with van der Waals surface area (Å²) in [6.07, 6.45) is 8.08. The van der Waals surface area contributed by atoms with E-state index in [1.54, 1.807) is 19.3 Å². The smallest absolute Gasteiger partial charge is 0.301 e. The number of halogens is 3. The third-order valence-electron chi connectivity index (χ3n) is 13.5. The maximum Gasteiger partial charge on any atom is 0.301 e. The minimum atomic E-state index is -3.13. The van der Waals surface area contributed by atoms with Gasteiger partial charge in [0.1, 0.15) is 5.02 Å². The second-order valence-electron chi connectivity index (χ2n) is 17.4. The Morgan fingerprint density at radius 3 is 2.47 bits per heavy atom. The Kier molecular flexibility index (Phi) is 9.50. The number of hydrogen-bond donors (Lipinski definition) is 3. The number of ether oxygens (including phenoxy) is 1. The highest BCUT2D eigenvalue weighted by Crippen LogP contribution is 2.46. The number of anilines is 4. The number of fused-ring (bicyclic) bond motifs is 4. The predicted molar refractivity (Wildman–Crippen MR) is 224 cm³/mol. The summed E-state index contributed by atoms with van der Waals surface area (Å²) < 4.78 is 39.1. The van der Waals surface area contributed by atoms with Gasteiger partial charge in [0, 0.05) is 56.6 Å². The fourth-order valence-electron chi connectivity index (χ4n) is 9.79. The van der Waals surface area contributed by atoms with Crippen molar-refractivity contribution in [1.29, 1.82) is 0 Å². The molecule has 4 fully saturated rings. The van der Waals surface area contributed by atoms with Crippen LogP contribution in [0.3, 0.4) is 0 Å². The summed E-state index contributed by atoms with van der Waals surface area (Å²) in [7, 11) is 3.51. The average Bonchev–Trinajstić information content (AvgIpc) is 4.04. The number of imide groups is 1. The standard InChI is InChI=1S/C43H47ClF2N10O4/c1-53-31-9-6-26(20-29(31)35-36(40(53)59)60-23-43(45,46)37(50-35)25-4-5-25)48-38-30(44)21-47-41(51-38)56-17-13-42(14-18-56)11-15-55(16-12-42)22-24-3-7-27-32(19-24)54(2)52-34(27)28-8-10-33(57)49-39(28)58/h3,6-7,9,19-21,25,28,37,50H,4-5,8,10-18,22-23H2,1-2H3,(H,47,48,51)(H,49,57,58)/t28?,37-/m0/s1. The van der Waals surface area contributed by atoms with Crippen LogP contribution >= 0.6 is 11.6 Å². The Labute approximate surface area is 349 Å². The Bertz CT molecular complexity index is 2610. The Hall–Kier alpha value is -5.35. The lowest BCUT2D eigenvalue weighted by molar-refractivity contribution is -0.134. The summed E-state index contributed by atoms with van der Waals surface area (Å²) in [4.78, 5) is 51.7. The van der Waals surface area contributed by atoms with Crippen LogP contribution in [0.1, 0.15) is 68.5 Å². The maximum atomic E-state index is 15.2. The van der Waals surface area contributed by atoms with E-state index >= 15 is 8.78 Å². The first-order valence-electron chi connectivity index (χ1n) is 20.8. The molecule has 10 rings (SSSR count). The number of carbonyl (C=O) groups excluding carboxylic acids is 2. The molecular weight excluding hydrogens is 794 g/mol. The summed E-state index contributed by atoms with van der Waals surface area (Å²) in [6, 6.07) is 10.7. The molecule has 1 unspecified atom stereocenters. The zero-order valence-electron chi connectivity index (χ0n) is 33.6. The number of benzene rings is 2. The van der Waals surface area contributed by atoms with Crippen LogP contribution in [0.5, 0.6) is 5.75 Å². The van der Waals surface area contributed by atoms with Crippen LogP contribution in [-0.4, -0.2) is 85.8 Å². The molecule has 314 valence electrons. The molecule has 1 saturated carbocycles. The average molecular weight is 841 g/mol. The third kappa shape index (κ3) is 7.00. The molecule has 2 aromatic carbocycles. The van der Waals surface area contributed by atoms with E-state index in [0.29, 0.717) is 59.1 Å². The summed E-state index contributed by atoms with van der Waals surface area (Å²) in [6.45, 7) is 3.64. The van der Waals surface area contributed by atoms with Gasteiger partial charge in [-0.15, -0.1) is 0 Å². The Morgan fingerprint density at radius 2 is 1.72 bits per heavy atom. The molecule has 0 bridgehead atoms. The third-order valence-corrected chi connectivity index (χ3v) is 13.8. The van der Waals surface area contributed by atoms with Crippen LogP contribution in [-0.2, 0) is 30.2 Å². The van der Waals surface area contributed by atoms with E-state index in [2.05, 4.69) is 48.9 Å². The van der Waals surface area contributed by atoms with Crippen molar-refractivity contribution in [1.82, 2.24) is 34.5 Å². The molecule has 17 heteroatoms. The van der Waals surface area contributed by atoms with E-state index in [1.165, 1.54) is 10.1 Å². The summed E-state index contributed by atoms with van der Waals surface area (Å²) in [5, 5.41) is 15.4. The largest absolute Gasteiger partial charge is 0.480 e. The topological polar surface area (TPSA) is 152 Å². The van der Waals surface area contributed by atoms with Gasteiger partial charge in [-0.05, 0) is 99.2 Å². The predicted octanol–water partition coefficient (Wildman–Crippen LogP) is 6.23. The summed E-state index contributed by atoms with van der Waals surface area (Å²) >= 11 is 6.65. The molecule has 4 aliphatic heterocycles. The highest BCUT2D eigenvalue weighted by Gasteiger charge is 2.51. The number of amides is 2. The van der Waals surface area contributed by atoms with Crippen LogP contribution < -0.4 is 31.1 Å². The van der Waals surface area contributed by atoms with Crippen molar-refractivity contribution in [2.75, 3.05) is 48.3 Å². The Morgan fingerprint density at radius 1 is 0.950 bits per heavy atom. The Balaban J connectivity index is 0.791. The molecule has 1 spiro atoms.